The molecule has 0 aliphatic heterocycles. The topological polar surface area (TPSA) is 117 Å². The summed E-state index contributed by atoms with van der Waals surface area (Å²) in [5, 5.41) is 21.3. The maximum Gasteiger partial charge on any atom is 0.418 e. The summed E-state index contributed by atoms with van der Waals surface area (Å²) in [7, 11) is 0. The number of amides is 2. The fraction of sp³-hybridized carbons (Fsp3) is 0.250. The molecular weight excluding hydrogens is 718 g/mol. The van der Waals surface area contributed by atoms with Crippen LogP contribution in [0, 0.1) is 23.7 Å². The zero-order chi connectivity index (χ0) is 39.1. The highest BCUT2D eigenvalue weighted by molar-refractivity contribution is 6.43. The van der Waals surface area contributed by atoms with Gasteiger partial charge in [-0.1, -0.05) is 23.7 Å². The van der Waals surface area contributed by atoms with E-state index in [9.17, 15) is 35.9 Å². The summed E-state index contributed by atoms with van der Waals surface area (Å²) in [6.45, 7) is 0.908. The van der Waals surface area contributed by atoms with Gasteiger partial charge in [0, 0.05) is 35.5 Å². The quantitative estimate of drug-likeness (QED) is 0.0519. The summed E-state index contributed by atoms with van der Waals surface area (Å²) >= 11 is 0. The van der Waals surface area contributed by atoms with Gasteiger partial charge in [0.2, 0.25) is 0 Å². The fourth-order valence-corrected chi connectivity index (χ4v) is 4.65. The number of carbonyl (C=O) groups is 2. The average molecular weight is 753 g/mol. The Hall–Kier alpha value is -5.96. The van der Waals surface area contributed by atoms with Gasteiger partial charge in [-0.15, -0.1) is 0 Å². The maximum absolute atomic E-state index is 14.0. The number of benzene rings is 4. The van der Waals surface area contributed by atoms with Crippen LogP contribution in [0.15, 0.2) is 84.9 Å². The van der Waals surface area contributed by atoms with E-state index in [4.69, 9.17) is 19.7 Å². The molecule has 0 fully saturated rings. The number of aliphatic hydroxyl groups is 2. The molecule has 4 rings (SSSR count). The second-order valence-electron chi connectivity index (χ2n) is 11.5. The molecule has 282 valence electrons. The Bertz CT molecular complexity index is 1880. The van der Waals surface area contributed by atoms with Crippen LogP contribution in [0.3, 0.4) is 0 Å². The molecule has 0 aromatic heterocycles. The lowest BCUT2D eigenvalue weighted by Crippen LogP contribution is -2.31. The Morgan fingerprint density at radius 2 is 0.852 bits per heavy atom. The number of carbonyl (C=O) groups excluding carboxylic acids is 2. The van der Waals surface area contributed by atoms with Crippen LogP contribution in [0.4, 0.5) is 37.7 Å². The molecule has 0 atom stereocenters. The first-order chi connectivity index (χ1) is 25.8. The lowest BCUT2D eigenvalue weighted by molar-refractivity contribution is -0.138. The number of hydrogen-bond acceptors (Lipinski definition) is 6. The van der Waals surface area contributed by atoms with Gasteiger partial charge in [0.1, 0.15) is 11.5 Å². The molecule has 0 unspecified atom stereocenters. The number of nitrogens with one attached hydrogen (secondary N) is 2. The number of aliphatic hydroxyl groups excluding tert-OH is 2. The second-order valence-corrected chi connectivity index (χ2v) is 11.5. The predicted octanol–water partition coefficient (Wildman–Crippen LogP) is 7.40. The highest BCUT2D eigenvalue weighted by Gasteiger charge is 2.36. The third-order valence-electron chi connectivity index (χ3n) is 7.41. The van der Waals surface area contributed by atoms with Gasteiger partial charge in [-0.05, 0) is 111 Å². The minimum Gasteiger partial charge on any atom is -0.494 e. The Balaban J connectivity index is 1.44. The van der Waals surface area contributed by atoms with Gasteiger partial charge in [-0.25, -0.2) is 0 Å². The van der Waals surface area contributed by atoms with E-state index < -0.39 is 46.7 Å². The molecule has 0 aliphatic rings. The molecule has 0 radical (unpaired) electrons. The van der Waals surface area contributed by atoms with E-state index in [1.165, 1.54) is 12.1 Å². The third kappa shape index (κ3) is 12.6. The van der Waals surface area contributed by atoms with Crippen LogP contribution in [0.25, 0.3) is 0 Å². The summed E-state index contributed by atoms with van der Waals surface area (Å²) in [5.74, 6) is 8.49. The smallest absolute Gasteiger partial charge is 0.418 e. The van der Waals surface area contributed by atoms with Crippen molar-refractivity contribution in [2.24, 2.45) is 0 Å². The van der Waals surface area contributed by atoms with Gasteiger partial charge in [0.15, 0.2) is 0 Å². The number of hydrogen-bond donors (Lipinski definition) is 4. The number of anilines is 2. The van der Waals surface area contributed by atoms with Crippen LogP contribution in [0.2, 0.25) is 0 Å². The van der Waals surface area contributed by atoms with Gasteiger partial charge in [0.05, 0.1) is 35.7 Å². The van der Waals surface area contributed by atoms with Gasteiger partial charge in [-0.2, -0.15) is 26.3 Å². The van der Waals surface area contributed by atoms with E-state index in [1.54, 1.807) is 48.5 Å². The molecule has 14 heteroatoms. The number of halogens is 6. The first-order valence-electron chi connectivity index (χ1n) is 16.5. The molecule has 4 aromatic rings. The van der Waals surface area contributed by atoms with E-state index in [0.29, 0.717) is 73.7 Å². The Morgan fingerprint density at radius 3 is 1.19 bits per heavy atom. The van der Waals surface area contributed by atoms with E-state index in [0.717, 1.165) is 12.1 Å². The monoisotopic (exact) mass is 752 g/mol. The standard InChI is InChI=1S/C40H34F6N2O6/c41-39(42,43)33-25-29(7-5-27-9-15-31(16-10-27)53-23-3-1-21-49)13-19-35(33)47-37(51)38(52)48-36-20-14-30(26-34(36)40(44,45)46)8-6-28-11-17-32(18-12-28)54-24-4-2-22-50/h9-20,25-26,49-50H,1-4,21-24H2,(H,47,51)(H,48,52). The van der Waals surface area contributed by atoms with Gasteiger partial charge in [-0.3, -0.25) is 9.59 Å². The van der Waals surface area contributed by atoms with Crippen molar-refractivity contribution in [1.29, 1.82) is 0 Å². The number of rotatable bonds is 12. The highest BCUT2D eigenvalue weighted by Crippen LogP contribution is 2.37. The zero-order valence-electron chi connectivity index (χ0n) is 28.5. The Morgan fingerprint density at radius 1 is 0.519 bits per heavy atom. The third-order valence-corrected chi connectivity index (χ3v) is 7.41. The molecule has 0 bridgehead atoms. The van der Waals surface area contributed by atoms with E-state index in [2.05, 4.69) is 23.7 Å². The first-order valence-corrected chi connectivity index (χ1v) is 16.5. The van der Waals surface area contributed by atoms with Crippen molar-refractivity contribution < 1.29 is 55.6 Å². The predicted molar refractivity (Wildman–Crippen MR) is 189 cm³/mol. The summed E-state index contributed by atoms with van der Waals surface area (Å²) < 4.78 is 95.0. The van der Waals surface area contributed by atoms with Crippen molar-refractivity contribution in [2.75, 3.05) is 37.1 Å². The van der Waals surface area contributed by atoms with E-state index in [1.807, 2.05) is 10.6 Å². The van der Waals surface area contributed by atoms with Crippen molar-refractivity contribution in [1.82, 2.24) is 0 Å². The minimum atomic E-state index is -5.00. The second kappa shape index (κ2) is 19.2. The largest absolute Gasteiger partial charge is 0.494 e. The van der Waals surface area contributed by atoms with Gasteiger partial charge < -0.3 is 30.3 Å². The molecular formula is C40H34F6N2O6. The normalized spacial score (nSPS) is 11.0. The average Bonchev–Trinajstić information content (AvgIpc) is 3.14. The molecule has 4 aromatic carbocycles. The summed E-state index contributed by atoms with van der Waals surface area (Å²) in [6.07, 6.45) is -7.49. The molecule has 0 saturated heterocycles. The first kappa shape index (κ1) is 40.8. The molecule has 0 saturated carbocycles. The zero-order valence-corrected chi connectivity index (χ0v) is 28.5. The molecule has 54 heavy (non-hydrogen) atoms. The van der Waals surface area contributed by atoms with Crippen molar-refractivity contribution in [3.63, 3.8) is 0 Å². The number of alkyl halides is 6. The molecule has 4 N–H and O–H groups in total. The van der Waals surface area contributed by atoms with Crippen LogP contribution < -0.4 is 20.1 Å². The summed E-state index contributed by atoms with van der Waals surface area (Å²) in [4.78, 5) is 25.3. The summed E-state index contributed by atoms with van der Waals surface area (Å²) in [6, 6.07) is 18.4. The highest BCUT2D eigenvalue weighted by atomic mass is 19.4. The van der Waals surface area contributed by atoms with E-state index >= 15 is 0 Å². The van der Waals surface area contributed by atoms with Crippen LogP contribution in [0.5, 0.6) is 11.5 Å². The van der Waals surface area contributed by atoms with E-state index in [-0.39, 0.29) is 24.3 Å². The summed E-state index contributed by atoms with van der Waals surface area (Å²) in [5.41, 5.74) is -3.46. The van der Waals surface area contributed by atoms with Crippen LogP contribution in [-0.2, 0) is 21.9 Å². The SMILES string of the molecule is O=C(Nc1ccc(C#Cc2ccc(OCCCCO)cc2)cc1C(F)(F)F)C(=O)Nc1ccc(C#Cc2ccc(OCCCCO)cc2)cc1C(F)(F)F. The van der Waals surface area contributed by atoms with Crippen LogP contribution in [0.1, 0.15) is 59.1 Å². The van der Waals surface area contributed by atoms with Crippen molar-refractivity contribution >= 4 is 23.2 Å². The lowest BCUT2D eigenvalue weighted by Gasteiger charge is -2.16. The van der Waals surface area contributed by atoms with Crippen LogP contribution >= 0.6 is 0 Å². The molecule has 8 nitrogen and oxygen atoms in total. The van der Waals surface area contributed by atoms with Crippen molar-refractivity contribution in [3.8, 4) is 35.2 Å². The van der Waals surface area contributed by atoms with Crippen molar-refractivity contribution in [3.05, 3.63) is 118 Å². The van der Waals surface area contributed by atoms with Crippen molar-refractivity contribution in [2.45, 2.75) is 38.0 Å². The number of unbranched alkanes of at least 4 members (excludes halogenated alkanes) is 2. The lowest BCUT2D eigenvalue weighted by atomic mass is 10.1. The Kier molecular flexibility index (Phi) is 14.5. The van der Waals surface area contributed by atoms with Gasteiger partial charge in [0.25, 0.3) is 0 Å². The maximum atomic E-state index is 14.0. The minimum absolute atomic E-state index is 0.0548. The molecule has 0 heterocycles. The Labute approximate surface area is 307 Å². The molecule has 2 amide bonds. The molecule has 0 spiro atoms. The molecule has 0 aliphatic carbocycles. The van der Waals surface area contributed by atoms with Crippen LogP contribution in [-0.4, -0.2) is 48.5 Å². The fourth-order valence-electron chi connectivity index (χ4n) is 4.65. The van der Waals surface area contributed by atoms with Gasteiger partial charge >= 0.3 is 24.2 Å². The number of ether oxygens (including phenoxy) is 2.